The van der Waals surface area contributed by atoms with Crippen LogP contribution in [0.5, 0.6) is 0 Å². The molecule has 1 N–H and O–H groups in total. The van der Waals surface area contributed by atoms with Crippen LogP contribution in [0.2, 0.25) is 0 Å². The molecule has 0 saturated carbocycles. The van der Waals surface area contributed by atoms with E-state index in [0.29, 0.717) is 0 Å². The van der Waals surface area contributed by atoms with Crippen LogP contribution in [-0.2, 0) is 21.0 Å². The average molecular weight is 200 g/mol. The van der Waals surface area contributed by atoms with Crippen LogP contribution in [0.3, 0.4) is 0 Å². The maximum atomic E-state index is 8.19. The number of aliphatic hydroxyl groups is 1. The monoisotopic (exact) mass is 199 g/mol. The molecule has 5 heteroatoms. The first kappa shape index (κ1) is 23.1. The molecule has 0 radical (unpaired) electrons. The van der Waals surface area contributed by atoms with Crippen LogP contribution in [0, 0.1) is 0 Å². The molecule has 0 unspecified atom stereocenters. The number of hydrogen-bond donors (Lipinski definition) is 1. The predicted octanol–water partition coefficient (Wildman–Crippen LogP) is 1.11. The fraction of sp³-hybridized carbons (Fsp3) is 1.00. The molecule has 0 fully saturated rings. The first-order valence-corrected chi connectivity index (χ1v) is 2.17. The Morgan fingerprint density at radius 2 is 1.25 bits per heavy atom. The van der Waals surface area contributed by atoms with Crippen LogP contribution in [0.4, 0.5) is 0 Å². The number of halogens is 2. The van der Waals surface area contributed by atoms with E-state index in [-0.39, 0.29) is 30.9 Å². The molecule has 0 saturated heterocycles. The van der Waals surface area contributed by atoms with Gasteiger partial charge in [-0.3, -0.25) is 0 Å². The molecule has 0 heterocycles. The Kier molecular flexibility index (Phi) is 71.3. The molecule has 8 heavy (non-hydrogen) atoms. The van der Waals surface area contributed by atoms with E-state index in [4.69, 9.17) is 8.78 Å². The van der Waals surface area contributed by atoms with Gasteiger partial charge in [0.25, 0.3) is 0 Å². The van der Waals surface area contributed by atoms with Gasteiger partial charge in [0.05, 0.1) is 0 Å². The molecular formula is C3H10Cl2O2V. The van der Waals surface area contributed by atoms with Crippen molar-refractivity contribution in [3.05, 3.63) is 0 Å². The molecule has 0 aliphatic heterocycles. The summed E-state index contributed by atoms with van der Waals surface area (Å²) in [6.07, 6.45) is -0.167. The molecule has 0 spiro atoms. The molecule has 0 aromatic heterocycles. The van der Waals surface area contributed by atoms with Gasteiger partial charge >= 0.3 is 21.0 Å². The molecule has 0 aliphatic carbocycles. The summed E-state index contributed by atoms with van der Waals surface area (Å²) >= 11 is 1.06. The summed E-state index contributed by atoms with van der Waals surface area (Å²) in [6.45, 7) is 3.44. The summed E-state index contributed by atoms with van der Waals surface area (Å²) in [7, 11) is 0. The Morgan fingerprint density at radius 1 is 1.25 bits per heavy atom. The van der Waals surface area contributed by atoms with Crippen molar-refractivity contribution in [1.29, 1.82) is 0 Å². The first-order valence-electron chi connectivity index (χ1n) is 1.60. The Labute approximate surface area is 71.1 Å². The zero-order chi connectivity index (χ0) is 5.58. The summed E-state index contributed by atoms with van der Waals surface area (Å²) in [4.78, 5) is 0. The second-order valence-electron chi connectivity index (χ2n) is 1.09. The van der Waals surface area contributed by atoms with Crippen LogP contribution < -0.4 is 0 Å². The third-order valence-electron chi connectivity index (χ3n) is 0. The molecule has 0 aromatic carbocycles. The van der Waals surface area contributed by atoms with Gasteiger partial charge in [0, 0.05) is 6.10 Å². The van der Waals surface area contributed by atoms with Gasteiger partial charge in [0.1, 0.15) is 0 Å². The van der Waals surface area contributed by atoms with Crippen molar-refractivity contribution in [2.75, 3.05) is 0 Å². The Hall–Kier alpha value is 0.924. The molecule has 0 aliphatic rings. The zero-order valence-corrected chi connectivity index (χ0v) is 7.73. The van der Waals surface area contributed by atoms with E-state index < -0.39 is 0 Å². The Morgan fingerprint density at radius 3 is 1.25 bits per heavy atom. The normalized spacial score (nSPS) is 4.88. The van der Waals surface area contributed by atoms with Gasteiger partial charge in [-0.25, -0.2) is 0 Å². The third kappa shape index (κ3) is 284. The topological polar surface area (TPSA) is 37.3 Å². The third-order valence-corrected chi connectivity index (χ3v) is 0. The van der Waals surface area contributed by atoms with Gasteiger partial charge in [-0.2, -0.15) is 0 Å². The van der Waals surface area contributed by atoms with Crippen molar-refractivity contribution < 1.29 is 26.1 Å². The van der Waals surface area contributed by atoms with E-state index in [1.807, 2.05) is 0 Å². The SMILES string of the molecule is CC(C)O.Cl.Cl.[O]=[V]. The molecular weight excluding hydrogens is 190 g/mol. The van der Waals surface area contributed by atoms with Crippen LogP contribution >= 0.6 is 24.8 Å². The first-order chi connectivity index (χ1) is 2.73. The second-order valence-corrected chi connectivity index (χ2v) is 1.09. The van der Waals surface area contributed by atoms with Crippen molar-refractivity contribution in [2.45, 2.75) is 20.0 Å². The molecule has 53 valence electrons. The van der Waals surface area contributed by atoms with Gasteiger partial charge in [-0.1, -0.05) is 0 Å². The van der Waals surface area contributed by atoms with Gasteiger partial charge in [-0.15, -0.1) is 24.8 Å². The van der Waals surface area contributed by atoms with Crippen LogP contribution in [-0.4, -0.2) is 11.2 Å². The fourth-order valence-corrected chi connectivity index (χ4v) is 0. The Balaban J connectivity index is -0.0000000183. The fourth-order valence-electron chi connectivity index (χ4n) is 0. The predicted molar refractivity (Wildman–Crippen MR) is 32.5 cm³/mol. The van der Waals surface area contributed by atoms with E-state index in [0.717, 1.165) is 17.4 Å². The molecule has 0 atom stereocenters. The standard InChI is InChI=1S/C3H8O.2ClH.O.V/c1-3(2)4;;;;/h3-4H,1-2H3;2*1H;;. The average Bonchev–Trinajstić information content (AvgIpc) is 1.41. The number of rotatable bonds is 0. The molecule has 0 rings (SSSR count). The minimum absolute atomic E-state index is 0. The second kappa shape index (κ2) is 24.7. The van der Waals surface area contributed by atoms with E-state index in [1.54, 1.807) is 13.8 Å². The van der Waals surface area contributed by atoms with E-state index in [9.17, 15) is 0 Å². The summed E-state index contributed by atoms with van der Waals surface area (Å²) < 4.78 is 8.19. The summed E-state index contributed by atoms with van der Waals surface area (Å²) in [6, 6.07) is 0. The van der Waals surface area contributed by atoms with E-state index in [2.05, 4.69) is 0 Å². The van der Waals surface area contributed by atoms with Crippen LogP contribution in [0.25, 0.3) is 0 Å². The van der Waals surface area contributed by atoms with Crippen LogP contribution in [0.15, 0.2) is 0 Å². The zero-order valence-electron chi connectivity index (χ0n) is 4.70. The number of hydrogen-bond acceptors (Lipinski definition) is 2. The Bertz CT molecular complexity index is 26.5. The van der Waals surface area contributed by atoms with E-state index >= 15 is 0 Å². The summed E-state index contributed by atoms with van der Waals surface area (Å²) in [5, 5.41) is 8.06. The summed E-state index contributed by atoms with van der Waals surface area (Å²) in [5.74, 6) is 0. The molecule has 0 aromatic rings. The maximum absolute atomic E-state index is 8.19. The number of aliphatic hydroxyl groups excluding tert-OH is 1. The molecule has 0 amide bonds. The van der Waals surface area contributed by atoms with Crippen molar-refractivity contribution in [1.82, 2.24) is 0 Å². The van der Waals surface area contributed by atoms with Gasteiger partial charge in [0.2, 0.25) is 0 Å². The van der Waals surface area contributed by atoms with Crippen LogP contribution in [0.1, 0.15) is 13.8 Å². The van der Waals surface area contributed by atoms with Crippen molar-refractivity contribution >= 4 is 24.8 Å². The van der Waals surface area contributed by atoms with Gasteiger partial charge in [0.15, 0.2) is 0 Å². The molecule has 2 nitrogen and oxygen atoms in total. The van der Waals surface area contributed by atoms with Crippen molar-refractivity contribution in [2.24, 2.45) is 0 Å². The quantitative estimate of drug-likeness (QED) is 0.635. The van der Waals surface area contributed by atoms with Gasteiger partial charge in [-0.05, 0) is 13.8 Å². The van der Waals surface area contributed by atoms with E-state index in [1.165, 1.54) is 0 Å². The van der Waals surface area contributed by atoms with Gasteiger partial charge < -0.3 is 5.11 Å². The van der Waals surface area contributed by atoms with Crippen molar-refractivity contribution in [3.63, 3.8) is 0 Å². The minimum atomic E-state index is -0.167. The van der Waals surface area contributed by atoms with Crippen molar-refractivity contribution in [3.8, 4) is 0 Å². The molecule has 0 bridgehead atoms. The summed E-state index contributed by atoms with van der Waals surface area (Å²) in [5.41, 5.74) is 0.